The molecule has 0 aromatic heterocycles. The lowest BCUT2D eigenvalue weighted by Gasteiger charge is -2.09. The Balaban J connectivity index is 2.34. The van der Waals surface area contributed by atoms with Crippen LogP contribution in [-0.2, 0) is 20.7 Å². The van der Waals surface area contributed by atoms with Crippen molar-refractivity contribution < 1.29 is 14.3 Å². The second kappa shape index (κ2) is 3.25. The Morgan fingerprint density at radius 1 is 1.43 bits per heavy atom. The average Bonchev–Trinajstić information content (AvgIpc) is 2.43. The number of carbonyl (C=O) groups excluding carboxylic acids is 2. The van der Waals surface area contributed by atoms with Crippen LogP contribution in [0, 0.1) is 0 Å². The summed E-state index contributed by atoms with van der Waals surface area (Å²) in [6, 6.07) is 7.43. The minimum absolute atomic E-state index is 0.0404. The van der Waals surface area contributed by atoms with Gasteiger partial charge in [0, 0.05) is 18.9 Å². The van der Waals surface area contributed by atoms with Gasteiger partial charge in [0.25, 0.3) is 0 Å². The number of fused-ring (bicyclic) bond motifs is 1. The molecule has 3 heteroatoms. The van der Waals surface area contributed by atoms with Gasteiger partial charge in [0.15, 0.2) is 11.9 Å². The molecular weight excluding hydrogens is 180 g/mol. The van der Waals surface area contributed by atoms with E-state index in [0.29, 0.717) is 6.42 Å². The highest BCUT2D eigenvalue weighted by molar-refractivity contribution is 5.92. The fourth-order valence-corrected chi connectivity index (χ4v) is 1.70. The Morgan fingerprint density at radius 3 is 2.86 bits per heavy atom. The topological polar surface area (TPSA) is 43.4 Å². The maximum atomic E-state index is 11.5. The number of benzene rings is 1. The van der Waals surface area contributed by atoms with Crippen molar-refractivity contribution in [1.29, 1.82) is 0 Å². The third kappa shape index (κ3) is 1.41. The lowest BCUT2D eigenvalue weighted by atomic mass is 10.1. The largest absolute Gasteiger partial charge is 0.450 e. The molecule has 2 rings (SSSR count). The van der Waals surface area contributed by atoms with Gasteiger partial charge in [0.2, 0.25) is 0 Å². The molecule has 0 amide bonds. The number of hydrogen-bond acceptors (Lipinski definition) is 3. The Bertz CT molecular complexity index is 395. The van der Waals surface area contributed by atoms with E-state index in [1.54, 1.807) is 0 Å². The Labute approximate surface area is 81.7 Å². The van der Waals surface area contributed by atoms with Crippen LogP contribution in [0.25, 0.3) is 0 Å². The van der Waals surface area contributed by atoms with Crippen molar-refractivity contribution in [3.8, 4) is 0 Å². The van der Waals surface area contributed by atoms with Gasteiger partial charge in [0.05, 0.1) is 0 Å². The summed E-state index contributed by atoms with van der Waals surface area (Å²) in [5.74, 6) is -0.457. The summed E-state index contributed by atoms with van der Waals surface area (Å²) < 4.78 is 4.96. The van der Waals surface area contributed by atoms with Gasteiger partial charge in [0.1, 0.15) is 0 Å². The van der Waals surface area contributed by atoms with Crippen molar-refractivity contribution in [2.75, 3.05) is 0 Å². The minimum Gasteiger partial charge on any atom is -0.450 e. The predicted octanol–water partition coefficient (Wildman–Crippen LogP) is 1.42. The van der Waals surface area contributed by atoms with Crippen molar-refractivity contribution in [3.63, 3.8) is 0 Å². The van der Waals surface area contributed by atoms with Gasteiger partial charge in [-0.15, -0.1) is 0 Å². The van der Waals surface area contributed by atoms with E-state index in [1.165, 1.54) is 6.92 Å². The highest BCUT2D eigenvalue weighted by atomic mass is 16.5. The molecule has 0 aliphatic heterocycles. The first kappa shape index (κ1) is 8.94. The molecule has 72 valence electrons. The standard InChI is InChI=1S/C11H10O3/c1-7(12)14-11-9-5-3-2-4-8(9)6-10(11)13/h2-5,11H,6H2,1H3. The fraction of sp³-hybridized carbons (Fsp3) is 0.273. The zero-order chi connectivity index (χ0) is 10.1. The van der Waals surface area contributed by atoms with Crippen LogP contribution in [0.15, 0.2) is 24.3 Å². The van der Waals surface area contributed by atoms with Gasteiger partial charge in [-0.25, -0.2) is 0 Å². The molecule has 3 nitrogen and oxygen atoms in total. The molecule has 1 aromatic carbocycles. The molecule has 14 heavy (non-hydrogen) atoms. The highest BCUT2D eigenvalue weighted by Gasteiger charge is 2.32. The van der Waals surface area contributed by atoms with Crippen molar-refractivity contribution in [2.24, 2.45) is 0 Å². The number of ether oxygens (including phenoxy) is 1. The van der Waals surface area contributed by atoms with Crippen molar-refractivity contribution in [2.45, 2.75) is 19.4 Å². The second-order valence-corrected chi connectivity index (χ2v) is 3.33. The molecule has 0 saturated heterocycles. The molecule has 1 atom stereocenters. The van der Waals surface area contributed by atoms with E-state index in [-0.39, 0.29) is 5.78 Å². The van der Waals surface area contributed by atoms with Crippen molar-refractivity contribution in [1.82, 2.24) is 0 Å². The van der Waals surface area contributed by atoms with Crippen molar-refractivity contribution >= 4 is 11.8 Å². The number of Topliss-reactive ketones (excluding diaryl/α,β-unsaturated/α-hetero) is 1. The quantitative estimate of drug-likeness (QED) is 0.629. The number of hydrogen-bond donors (Lipinski definition) is 0. The van der Waals surface area contributed by atoms with Crippen LogP contribution in [0.3, 0.4) is 0 Å². The molecule has 1 aliphatic carbocycles. The normalized spacial score (nSPS) is 19.2. The van der Waals surface area contributed by atoms with Crippen LogP contribution in [0.2, 0.25) is 0 Å². The molecule has 0 heterocycles. The predicted molar refractivity (Wildman–Crippen MR) is 49.7 cm³/mol. The van der Waals surface area contributed by atoms with Gasteiger partial charge in [-0.2, -0.15) is 0 Å². The van der Waals surface area contributed by atoms with Gasteiger partial charge in [-0.3, -0.25) is 9.59 Å². The number of esters is 1. The summed E-state index contributed by atoms with van der Waals surface area (Å²) in [4.78, 5) is 22.3. The summed E-state index contributed by atoms with van der Waals surface area (Å²) in [7, 11) is 0. The van der Waals surface area contributed by atoms with Crippen LogP contribution in [0.5, 0.6) is 0 Å². The number of ketones is 1. The maximum Gasteiger partial charge on any atom is 0.303 e. The first-order chi connectivity index (χ1) is 6.68. The first-order valence-corrected chi connectivity index (χ1v) is 4.46. The molecule has 1 aromatic rings. The lowest BCUT2D eigenvalue weighted by molar-refractivity contribution is -0.152. The van der Waals surface area contributed by atoms with Crippen LogP contribution in [-0.4, -0.2) is 11.8 Å². The fourth-order valence-electron chi connectivity index (χ4n) is 1.70. The Morgan fingerprint density at radius 2 is 2.14 bits per heavy atom. The lowest BCUT2D eigenvalue weighted by Crippen LogP contribution is -2.13. The summed E-state index contributed by atoms with van der Waals surface area (Å²) in [5, 5.41) is 0. The smallest absolute Gasteiger partial charge is 0.303 e. The van der Waals surface area contributed by atoms with Gasteiger partial charge in [-0.1, -0.05) is 24.3 Å². The monoisotopic (exact) mass is 190 g/mol. The maximum absolute atomic E-state index is 11.5. The van der Waals surface area contributed by atoms with E-state index in [2.05, 4.69) is 0 Å². The molecule has 1 unspecified atom stereocenters. The van der Waals surface area contributed by atoms with Gasteiger partial charge in [-0.05, 0) is 5.56 Å². The molecule has 0 N–H and O–H groups in total. The summed E-state index contributed by atoms with van der Waals surface area (Å²) in [6.07, 6.45) is -0.308. The number of rotatable bonds is 1. The van der Waals surface area contributed by atoms with E-state index in [1.807, 2.05) is 24.3 Å². The average molecular weight is 190 g/mol. The third-order valence-electron chi connectivity index (χ3n) is 2.28. The molecule has 1 aliphatic rings. The van der Waals surface area contributed by atoms with E-state index >= 15 is 0 Å². The Hall–Kier alpha value is -1.64. The minimum atomic E-state index is -0.677. The molecule has 0 saturated carbocycles. The second-order valence-electron chi connectivity index (χ2n) is 3.33. The zero-order valence-electron chi connectivity index (χ0n) is 7.82. The van der Waals surface area contributed by atoms with Crippen LogP contribution < -0.4 is 0 Å². The van der Waals surface area contributed by atoms with E-state index in [9.17, 15) is 9.59 Å². The van der Waals surface area contributed by atoms with Crippen LogP contribution >= 0.6 is 0 Å². The summed E-state index contributed by atoms with van der Waals surface area (Å²) in [6.45, 7) is 1.31. The van der Waals surface area contributed by atoms with Crippen molar-refractivity contribution in [3.05, 3.63) is 35.4 Å². The molecule has 0 spiro atoms. The zero-order valence-corrected chi connectivity index (χ0v) is 7.82. The van der Waals surface area contributed by atoms with E-state index < -0.39 is 12.1 Å². The summed E-state index contributed by atoms with van der Waals surface area (Å²) in [5.41, 5.74) is 1.79. The molecule has 0 bridgehead atoms. The van der Waals surface area contributed by atoms with Crippen LogP contribution in [0.4, 0.5) is 0 Å². The van der Waals surface area contributed by atoms with E-state index in [4.69, 9.17) is 4.74 Å². The molecule has 0 fully saturated rings. The van der Waals surface area contributed by atoms with E-state index in [0.717, 1.165) is 11.1 Å². The summed E-state index contributed by atoms with van der Waals surface area (Å²) >= 11 is 0. The molecular formula is C11H10O3. The van der Waals surface area contributed by atoms with Gasteiger partial charge < -0.3 is 4.74 Å². The molecule has 0 radical (unpaired) electrons. The van der Waals surface area contributed by atoms with Gasteiger partial charge >= 0.3 is 5.97 Å². The third-order valence-corrected chi connectivity index (χ3v) is 2.28. The SMILES string of the molecule is CC(=O)OC1C(=O)Cc2ccccc21. The van der Waals surface area contributed by atoms with Crippen LogP contribution in [0.1, 0.15) is 24.2 Å². The highest BCUT2D eigenvalue weighted by Crippen LogP contribution is 2.30. The number of carbonyl (C=O) groups is 2. The first-order valence-electron chi connectivity index (χ1n) is 4.46. The Kier molecular flexibility index (Phi) is 2.08.